The van der Waals surface area contributed by atoms with E-state index in [1.54, 1.807) is 21.3 Å². The summed E-state index contributed by atoms with van der Waals surface area (Å²) in [7, 11) is 4.90. The predicted molar refractivity (Wildman–Crippen MR) is 125 cm³/mol. The number of carbonyl (C=O) groups is 1. The van der Waals surface area contributed by atoms with Crippen molar-refractivity contribution in [3.05, 3.63) is 47.2 Å². The van der Waals surface area contributed by atoms with Gasteiger partial charge in [0.05, 0.1) is 14.2 Å². The fourth-order valence-electron chi connectivity index (χ4n) is 5.80. The van der Waals surface area contributed by atoms with Gasteiger partial charge in [-0.25, -0.2) is 0 Å². The van der Waals surface area contributed by atoms with Crippen molar-refractivity contribution in [2.75, 3.05) is 28.1 Å². The number of fused-ring (bicyclic) bond motifs is 3. The zero-order valence-electron chi connectivity index (χ0n) is 20.4. The van der Waals surface area contributed by atoms with E-state index in [4.69, 9.17) is 23.7 Å². The van der Waals surface area contributed by atoms with Gasteiger partial charge in [-0.2, -0.15) is 0 Å². The van der Waals surface area contributed by atoms with Gasteiger partial charge in [0.2, 0.25) is 0 Å². The van der Waals surface area contributed by atoms with Crippen LogP contribution in [0.25, 0.3) is 0 Å². The zero-order valence-corrected chi connectivity index (χ0v) is 20.4. The minimum atomic E-state index is -0.564. The Kier molecular flexibility index (Phi) is 7.15. The van der Waals surface area contributed by atoms with Crippen LogP contribution in [0.15, 0.2) is 47.2 Å². The summed E-state index contributed by atoms with van der Waals surface area (Å²) in [5, 5.41) is 0. The van der Waals surface area contributed by atoms with E-state index >= 15 is 0 Å². The van der Waals surface area contributed by atoms with Crippen LogP contribution < -0.4 is 9.47 Å². The minimum absolute atomic E-state index is 0.0200. The third kappa shape index (κ3) is 4.56. The predicted octanol–water partition coefficient (Wildman–Crippen LogP) is 5.08. The molecular formula is C27H36O6. The standard InChI is InChI=1S/C27H36O6/c1-27(2)17-9-14-21(27)26(32-16-29-3)25(28)24-20(7-6-8-22(24)31-5)23(15-17)33-19-12-10-18(30-4)11-13-19/h10-13,15,20-21,23,26H,6-9,14,16H2,1-5H3/b17-15+/t20-,21-,23+,26-/m1/s1. The Bertz CT molecular complexity index is 913. The molecule has 1 aromatic rings. The fraction of sp³-hybridized carbons (Fsp3) is 0.593. The molecule has 2 bridgehead atoms. The molecule has 0 amide bonds. The van der Waals surface area contributed by atoms with E-state index in [0.29, 0.717) is 0 Å². The lowest BCUT2D eigenvalue weighted by molar-refractivity contribution is -0.146. The first-order chi connectivity index (χ1) is 15.9. The van der Waals surface area contributed by atoms with Crippen LogP contribution >= 0.6 is 0 Å². The van der Waals surface area contributed by atoms with Gasteiger partial charge in [0.1, 0.15) is 36.3 Å². The first-order valence-electron chi connectivity index (χ1n) is 11.8. The normalized spacial score (nSPS) is 30.5. The van der Waals surface area contributed by atoms with Crippen LogP contribution in [-0.2, 0) is 19.0 Å². The molecule has 0 heterocycles. The second-order valence-corrected chi connectivity index (χ2v) is 9.71. The highest BCUT2D eigenvalue weighted by molar-refractivity contribution is 6.00. The Labute approximate surface area is 196 Å². The molecule has 180 valence electrons. The van der Waals surface area contributed by atoms with Gasteiger partial charge in [-0.1, -0.05) is 19.4 Å². The minimum Gasteiger partial charge on any atom is -0.501 e. The van der Waals surface area contributed by atoms with Crippen LogP contribution in [0.5, 0.6) is 11.5 Å². The summed E-state index contributed by atoms with van der Waals surface area (Å²) in [5.41, 5.74) is 1.87. The number of methoxy groups -OCH3 is 3. The number of carbonyl (C=O) groups excluding carboxylic acids is 1. The number of benzene rings is 1. The number of rotatable bonds is 7. The number of ketones is 1. The first kappa shape index (κ1) is 23.8. The van der Waals surface area contributed by atoms with Crippen LogP contribution in [0.1, 0.15) is 46.0 Å². The molecule has 1 fully saturated rings. The van der Waals surface area contributed by atoms with Gasteiger partial charge in [-0.3, -0.25) is 4.79 Å². The van der Waals surface area contributed by atoms with Gasteiger partial charge in [0.15, 0.2) is 5.78 Å². The number of hydrogen-bond donors (Lipinski definition) is 0. The topological polar surface area (TPSA) is 63.2 Å². The summed E-state index contributed by atoms with van der Waals surface area (Å²) < 4.78 is 28.9. The van der Waals surface area contributed by atoms with E-state index in [9.17, 15) is 4.79 Å². The third-order valence-corrected chi connectivity index (χ3v) is 7.66. The van der Waals surface area contributed by atoms with Crippen LogP contribution in [0.3, 0.4) is 0 Å². The molecule has 3 aliphatic rings. The van der Waals surface area contributed by atoms with E-state index in [2.05, 4.69) is 19.9 Å². The molecule has 3 aliphatic carbocycles. The van der Waals surface area contributed by atoms with Crippen LogP contribution in [0.4, 0.5) is 0 Å². The van der Waals surface area contributed by atoms with E-state index in [0.717, 1.165) is 54.9 Å². The smallest absolute Gasteiger partial charge is 0.191 e. The van der Waals surface area contributed by atoms with Gasteiger partial charge >= 0.3 is 0 Å². The van der Waals surface area contributed by atoms with Crippen molar-refractivity contribution in [2.24, 2.45) is 17.3 Å². The molecule has 0 aliphatic heterocycles. The van der Waals surface area contributed by atoms with Crippen molar-refractivity contribution in [1.82, 2.24) is 0 Å². The lowest BCUT2D eigenvalue weighted by Gasteiger charge is -2.35. The molecule has 6 heteroatoms. The molecule has 0 radical (unpaired) electrons. The Morgan fingerprint density at radius 3 is 2.36 bits per heavy atom. The number of hydrogen-bond acceptors (Lipinski definition) is 6. The number of ether oxygens (including phenoxy) is 5. The molecule has 33 heavy (non-hydrogen) atoms. The van der Waals surface area contributed by atoms with Crippen LogP contribution in [-0.4, -0.2) is 46.1 Å². The summed E-state index contributed by atoms with van der Waals surface area (Å²) >= 11 is 0. The van der Waals surface area contributed by atoms with Gasteiger partial charge in [-0.15, -0.1) is 0 Å². The maximum absolute atomic E-state index is 14.1. The van der Waals surface area contributed by atoms with Crippen molar-refractivity contribution in [1.29, 1.82) is 0 Å². The van der Waals surface area contributed by atoms with E-state index < -0.39 is 6.10 Å². The molecule has 0 aromatic heterocycles. The molecule has 0 unspecified atom stereocenters. The van der Waals surface area contributed by atoms with Crippen LogP contribution in [0.2, 0.25) is 0 Å². The Balaban J connectivity index is 1.80. The van der Waals surface area contributed by atoms with Gasteiger partial charge < -0.3 is 23.7 Å². The average molecular weight is 457 g/mol. The van der Waals surface area contributed by atoms with Crippen molar-refractivity contribution in [3.8, 4) is 11.5 Å². The molecule has 1 aromatic carbocycles. The molecule has 1 saturated carbocycles. The summed E-state index contributed by atoms with van der Waals surface area (Å²) in [6, 6.07) is 7.63. The van der Waals surface area contributed by atoms with E-state index in [1.165, 1.54) is 5.57 Å². The van der Waals surface area contributed by atoms with Gasteiger partial charge in [-0.05, 0) is 61.4 Å². The second-order valence-electron chi connectivity index (χ2n) is 9.71. The summed E-state index contributed by atoms with van der Waals surface area (Å²) in [6.07, 6.45) is 5.85. The van der Waals surface area contributed by atoms with Crippen molar-refractivity contribution in [3.63, 3.8) is 0 Å². The highest BCUT2D eigenvalue weighted by atomic mass is 16.7. The molecular weight excluding hydrogens is 420 g/mol. The number of Topliss-reactive ketones (excluding diaryl/α,β-unsaturated/α-hetero) is 1. The lowest BCUT2D eigenvalue weighted by atomic mass is 9.74. The number of allylic oxidation sites excluding steroid dienone is 2. The van der Waals surface area contributed by atoms with Crippen molar-refractivity contribution in [2.45, 2.75) is 58.2 Å². The van der Waals surface area contributed by atoms with Gasteiger partial charge in [0, 0.05) is 30.9 Å². The van der Waals surface area contributed by atoms with Crippen molar-refractivity contribution >= 4 is 5.78 Å². The average Bonchev–Trinajstić information content (AvgIpc) is 3.12. The summed E-state index contributed by atoms with van der Waals surface area (Å²) in [6.45, 7) is 4.53. The largest absolute Gasteiger partial charge is 0.501 e. The van der Waals surface area contributed by atoms with Crippen molar-refractivity contribution < 1.29 is 28.5 Å². The molecule has 4 rings (SSSR count). The lowest BCUT2D eigenvalue weighted by Crippen LogP contribution is -2.42. The Morgan fingerprint density at radius 1 is 0.970 bits per heavy atom. The Hall–Kier alpha value is -2.31. The highest BCUT2D eigenvalue weighted by Crippen LogP contribution is 2.52. The maximum atomic E-state index is 14.1. The highest BCUT2D eigenvalue weighted by Gasteiger charge is 2.50. The SMILES string of the molecule is COCO[C@H]1C(=O)C2=C(OC)CCC[C@@H]2[C@@H](Oc2ccc(OC)cc2)/C=C2\CC[C@H]1C2(C)C. The summed E-state index contributed by atoms with van der Waals surface area (Å²) in [5.74, 6) is 2.29. The quantitative estimate of drug-likeness (QED) is 0.421. The fourth-order valence-corrected chi connectivity index (χ4v) is 5.80. The molecule has 0 N–H and O–H groups in total. The first-order valence-corrected chi connectivity index (χ1v) is 11.8. The molecule has 6 nitrogen and oxygen atoms in total. The monoisotopic (exact) mass is 456 g/mol. The second kappa shape index (κ2) is 9.90. The van der Waals surface area contributed by atoms with E-state index in [1.807, 2.05) is 24.3 Å². The zero-order chi connectivity index (χ0) is 23.6. The summed E-state index contributed by atoms with van der Waals surface area (Å²) in [4.78, 5) is 14.1. The van der Waals surface area contributed by atoms with Gasteiger partial charge in [0.25, 0.3) is 0 Å². The molecule has 0 spiro atoms. The Morgan fingerprint density at radius 2 is 1.70 bits per heavy atom. The van der Waals surface area contributed by atoms with Crippen LogP contribution in [0, 0.1) is 17.3 Å². The van der Waals surface area contributed by atoms with E-state index in [-0.39, 0.29) is 35.9 Å². The maximum Gasteiger partial charge on any atom is 0.191 e. The molecule has 4 atom stereocenters. The molecule has 0 saturated heterocycles. The third-order valence-electron chi connectivity index (χ3n) is 7.66.